The highest BCUT2D eigenvalue weighted by Gasteiger charge is 2.15. The summed E-state index contributed by atoms with van der Waals surface area (Å²) in [7, 11) is 0. The van der Waals surface area contributed by atoms with Crippen LogP contribution in [0.25, 0.3) is 0 Å². The van der Waals surface area contributed by atoms with Gasteiger partial charge in [-0.05, 0) is 53.8 Å². The molecular weight excluding hydrogens is 412 g/mol. The lowest BCUT2D eigenvalue weighted by Crippen LogP contribution is -2.42. The smallest absolute Gasteiger partial charge is 0.269 e. The van der Waals surface area contributed by atoms with E-state index in [1.165, 1.54) is 17.3 Å². The average molecular weight is 435 g/mol. The van der Waals surface area contributed by atoms with Crippen LogP contribution in [0.3, 0.4) is 0 Å². The number of aryl methyl sites for hydroxylation is 1. The van der Waals surface area contributed by atoms with Gasteiger partial charge in [0.25, 0.3) is 5.91 Å². The van der Waals surface area contributed by atoms with E-state index in [2.05, 4.69) is 65.8 Å². The molecule has 0 unspecified atom stereocenters. The van der Waals surface area contributed by atoms with Crippen molar-refractivity contribution < 1.29 is 9.59 Å². The Labute approximate surface area is 167 Å². The molecule has 2 rings (SSSR count). The molecule has 0 fully saturated rings. The van der Waals surface area contributed by atoms with Crippen LogP contribution in [0.1, 0.15) is 42.3 Å². The van der Waals surface area contributed by atoms with E-state index in [1.807, 2.05) is 6.92 Å². The summed E-state index contributed by atoms with van der Waals surface area (Å²) in [5.74, 6) is -0.363. The van der Waals surface area contributed by atoms with Crippen LogP contribution in [0.2, 0.25) is 0 Å². The summed E-state index contributed by atoms with van der Waals surface area (Å²) >= 11 is 4.78. The van der Waals surface area contributed by atoms with E-state index >= 15 is 0 Å². The lowest BCUT2D eigenvalue weighted by Gasteiger charge is -2.20. The van der Waals surface area contributed by atoms with Crippen LogP contribution in [0.4, 0.5) is 0 Å². The van der Waals surface area contributed by atoms with Gasteiger partial charge in [0, 0.05) is 14.9 Å². The van der Waals surface area contributed by atoms with Crippen LogP contribution >= 0.6 is 27.7 Å². The van der Waals surface area contributed by atoms with Crippen molar-refractivity contribution in [3.63, 3.8) is 0 Å². The SMILES string of the molecule is Cc1ccc(C(C)(C)C)cc1SCC(=O)NNC(=O)c1ccc(Br)cc1. The molecule has 6 heteroatoms. The summed E-state index contributed by atoms with van der Waals surface area (Å²) in [4.78, 5) is 25.1. The second kappa shape index (κ2) is 8.73. The third kappa shape index (κ3) is 5.88. The second-order valence-corrected chi connectivity index (χ2v) is 8.96. The molecule has 26 heavy (non-hydrogen) atoms. The Morgan fingerprint density at radius 1 is 1.04 bits per heavy atom. The molecule has 0 atom stereocenters. The van der Waals surface area contributed by atoms with Gasteiger partial charge in [0.1, 0.15) is 0 Å². The minimum atomic E-state index is -0.346. The Bertz CT molecular complexity index is 798. The molecule has 0 spiro atoms. The number of hydrogen-bond donors (Lipinski definition) is 2. The third-order valence-electron chi connectivity index (χ3n) is 3.83. The average Bonchev–Trinajstić information content (AvgIpc) is 2.58. The van der Waals surface area contributed by atoms with Gasteiger partial charge in [0.05, 0.1) is 5.75 Å². The molecule has 0 saturated carbocycles. The lowest BCUT2D eigenvalue weighted by atomic mass is 9.87. The molecule has 0 aliphatic rings. The zero-order chi connectivity index (χ0) is 19.3. The number of benzene rings is 2. The van der Waals surface area contributed by atoms with Crippen molar-refractivity contribution in [2.45, 2.75) is 38.0 Å². The molecule has 0 radical (unpaired) electrons. The van der Waals surface area contributed by atoms with E-state index in [1.54, 1.807) is 24.3 Å². The largest absolute Gasteiger partial charge is 0.272 e. The van der Waals surface area contributed by atoms with Crippen LogP contribution in [0.15, 0.2) is 51.8 Å². The Morgan fingerprint density at radius 3 is 2.31 bits per heavy atom. The Balaban J connectivity index is 1.89. The van der Waals surface area contributed by atoms with Crippen molar-refractivity contribution in [2.75, 3.05) is 5.75 Å². The molecule has 2 aromatic carbocycles. The number of carbonyl (C=O) groups is 2. The molecule has 2 aromatic rings. The van der Waals surface area contributed by atoms with Gasteiger partial charge in [0.2, 0.25) is 5.91 Å². The van der Waals surface area contributed by atoms with Gasteiger partial charge < -0.3 is 0 Å². The van der Waals surface area contributed by atoms with Gasteiger partial charge in [-0.15, -0.1) is 11.8 Å². The number of amides is 2. The first kappa shape index (κ1) is 20.5. The first-order chi connectivity index (χ1) is 12.2. The summed E-state index contributed by atoms with van der Waals surface area (Å²) in [6, 6.07) is 13.3. The predicted octanol–water partition coefficient (Wildman–Crippen LogP) is 4.61. The molecule has 138 valence electrons. The fraction of sp³-hybridized carbons (Fsp3) is 0.300. The maximum Gasteiger partial charge on any atom is 0.269 e. The Hall–Kier alpha value is -1.79. The normalized spacial score (nSPS) is 11.1. The van der Waals surface area contributed by atoms with Crippen molar-refractivity contribution in [2.24, 2.45) is 0 Å². The van der Waals surface area contributed by atoms with E-state index in [9.17, 15) is 9.59 Å². The lowest BCUT2D eigenvalue weighted by molar-refractivity contribution is -0.119. The van der Waals surface area contributed by atoms with Crippen LogP contribution in [0.5, 0.6) is 0 Å². The maximum atomic E-state index is 12.0. The third-order valence-corrected chi connectivity index (χ3v) is 5.52. The van der Waals surface area contributed by atoms with Crippen LogP contribution < -0.4 is 10.9 Å². The molecule has 0 aliphatic carbocycles. The van der Waals surface area contributed by atoms with Crippen molar-refractivity contribution in [1.29, 1.82) is 0 Å². The topological polar surface area (TPSA) is 58.2 Å². The monoisotopic (exact) mass is 434 g/mol. The Morgan fingerprint density at radius 2 is 1.69 bits per heavy atom. The number of thioether (sulfide) groups is 1. The first-order valence-corrected chi connectivity index (χ1v) is 10.0. The number of carbonyl (C=O) groups excluding carboxylic acids is 2. The molecule has 4 nitrogen and oxygen atoms in total. The fourth-order valence-electron chi connectivity index (χ4n) is 2.20. The van der Waals surface area contributed by atoms with Crippen LogP contribution in [-0.4, -0.2) is 17.6 Å². The molecule has 0 heterocycles. The quantitative estimate of drug-likeness (QED) is 0.545. The molecular formula is C20H23BrN2O2S. The predicted molar refractivity (Wildman–Crippen MR) is 110 cm³/mol. The molecule has 2 N–H and O–H groups in total. The van der Waals surface area contributed by atoms with Gasteiger partial charge in [-0.25, -0.2) is 0 Å². The van der Waals surface area contributed by atoms with Gasteiger partial charge in [-0.1, -0.05) is 48.8 Å². The number of halogens is 1. The van der Waals surface area contributed by atoms with Gasteiger partial charge in [0.15, 0.2) is 0 Å². The number of hydrazine groups is 1. The summed E-state index contributed by atoms with van der Waals surface area (Å²) in [5.41, 5.74) is 7.80. The van der Waals surface area contributed by atoms with E-state index in [0.717, 1.165) is 14.9 Å². The molecule has 0 aliphatic heterocycles. The van der Waals surface area contributed by atoms with Crippen molar-refractivity contribution in [3.8, 4) is 0 Å². The summed E-state index contributed by atoms with van der Waals surface area (Å²) in [6.45, 7) is 8.52. The van der Waals surface area contributed by atoms with Crippen molar-refractivity contribution in [3.05, 3.63) is 63.6 Å². The van der Waals surface area contributed by atoms with Gasteiger partial charge in [-0.2, -0.15) is 0 Å². The molecule has 2 amide bonds. The zero-order valence-corrected chi connectivity index (χ0v) is 17.8. The van der Waals surface area contributed by atoms with E-state index < -0.39 is 0 Å². The van der Waals surface area contributed by atoms with Gasteiger partial charge >= 0.3 is 0 Å². The second-order valence-electron chi connectivity index (χ2n) is 7.03. The maximum absolute atomic E-state index is 12.0. The number of rotatable bonds is 4. The number of hydrogen-bond acceptors (Lipinski definition) is 3. The standard InChI is InChI=1S/C20H23BrN2O2S/c1-13-5-8-15(20(2,3)4)11-17(13)26-12-18(24)22-23-19(25)14-6-9-16(21)10-7-14/h5-11H,12H2,1-4H3,(H,22,24)(H,23,25). The van der Waals surface area contributed by atoms with E-state index in [-0.39, 0.29) is 23.0 Å². The number of nitrogens with one attached hydrogen (secondary N) is 2. The zero-order valence-electron chi connectivity index (χ0n) is 15.4. The molecule has 0 saturated heterocycles. The first-order valence-electron chi connectivity index (χ1n) is 8.25. The van der Waals surface area contributed by atoms with Crippen LogP contribution in [0, 0.1) is 6.92 Å². The summed E-state index contributed by atoms with van der Waals surface area (Å²) in [6.07, 6.45) is 0. The highest BCUT2D eigenvalue weighted by atomic mass is 79.9. The van der Waals surface area contributed by atoms with Gasteiger partial charge in [-0.3, -0.25) is 20.4 Å². The minimum Gasteiger partial charge on any atom is -0.272 e. The molecule has 0 bridgehead atoms. The minimum absolute atomic E-state index is 0.0594. The molecule has 0 aromatic heterocycles. The highest BCUT2D eigenvalue weighted by molar-refractivity contribution is 9.10. The van der Waals surface area contributed by atoms with Crippen LogP contribution in [-0.2, 0) is 10.2 Å². The van der Waals surface area contributed by atoms with Crippen molar-refractivity contribution >= 4 is 39.5 Å². The van der Waals surface area contributed by atoms with E-state index in [0.29, 0.717) is 5.56 Å². The summed E-state index contributed by atoms with van der Waals surface area (Å²) < 4.78 is 0.891. The Kier molecular flexibility index (Phi) is 6.89. The highest BCUT2D eigenvalue weighted by Crippen LogP contribution is 2.29. The van der Waals surface area contributed by atoms with E-state index in [4.69, 9.17) is 0 Å². The fourth-order valence-corrected chi connectivity index (χ4v) is 3.33. The summed E-state index contributed by atoms with van der Waals surface area (Å²) in [5, 5.41) is 0. The van der Waals surface area contributed by atoms with Crippen molar-refractivity contribution in [1.82, 2.24) is 10.9 Å².